The third-order valence-electron chi connectivity index (χ3n) is 3.94. The van der Waals surface area contributed by atoms with Crippen molar-refractivity contribution in [3.8, 4) is 0 Å². The Kier molecular flexibility index (Phi) is 12.3. The third kappa shape index (κ3) is 10.7. The van der Waals surface area contributed by atoms with Gasteiger partial charge in [0.05, 0.1) is 3.92 Å². The van der Waals surface area contributed by atoms with Crippen molar-refractivity contribution in [3.05, 3.63) is 36.5 Å². The topological polar surface area (TPSA) is 26.3 Å². The largest absolute Gasteiger partial charge is 0.461 e. The minimum absolute atomic E-state index is 0.0300. The van der Waals surface area contributed by atoms with E-state index in [0.717, 1.165) is 32.1 Å². The SMILES string of the molecule is CCCCC/C=C/C/C=C/C/C=C/CC(I)C1CCCC(=O)O1. The second-order valence-corrected chi connectivity index (χ2v) is 7.65. The van der Waals surface area contributed by atoms with Gasteiger partial charge in [0.25, 0.3) is 0 Å². The molecule has 2 unspecified atom stereocenters. The molecule has 2 nitrogen and oxygen atoms in total. The molecule has 2 atom stereocenters. The zero-order chi connectivity index (χ0) is 16.8. The Morgan fingerprint density at radius 1 is 1.13 bits per heavy atom. The van der Waals surface area contributed by atoms with Crippen LogP contribution < -0.4 is 0 Å². The number of hydrogen-bond acceptors (Lipinski definition) is 2. The summed E-state index contributed by atoms with van der Waals surface area (Å²) >= 11 is 2.41. The van der Waals surface area contributed by atoms with Crippen LogP contribution in [0.1, 0.15) is 71.1 Å². The number of esters is 1. The van der Waals surface area contributed by atoms with Crippen LogP contribution in [0.5, 0.6) is 0 Å². The summed E-state index contributed by atoms with van der Waals surface area (Å²) in [6.45, 7) is 2.24. The maximum Gasteiger partial charge on any atom is 0.306 e. The first kappa shape index (κ1) is 20.5. The lowest BCUT2D eigenvalue weighted by molar-refractivity contribution is -0.153. The molecule has 0 aromatic rings. The number of halogens is 1. The van der Waals surface area contributed by atoms with E-state index < -0.39 is 0 Å². The minimum atomic E-state index is -0.0300. The zero-order valence-electron chi connectivity index (χ0n) is 14.4. The first-order chi connectivity index (χ1) is 11.2. The Morgan fingerprint density at radius 2 is 1.83 bits per heavy atom. The second kappa shape index (κ2) is 13.8. The lowest BCUT2D eigenvalue weighted by Gasteiger charge is -2.25. The summed E-state index contributed by atoms with van der Waals surface area (Å²) in [4.78, 5) is 11.3. The number of carbonyl (C=O) groups excluding carboxylic acids is 1. The van der Waals surface area contributed by atoms with E-state index in [2.05, 4.69) is 66.0 Å². The number of cyclic esters (lactones) is 1. The molecule has 1 aliphatic heterocycles. The highest BCUT2D eigenvalue weighted by Gasteiger charge is 2.25. The molecule has 130 valence electrons. The van der Waals surface area contributed by atoms with Gasteiger partial charge in [-0.1, -0.05) is 78.8 Å². The standard InChI is InChI=1S/C20H31IO2/c1-2-3-4-5-6-7-8-9-10-11-12-13-15-18(21)19-16-14-17-20(22)23-19/h6-7,9-10,12-13,18-19H,2-5,8,11,14-17H2,1H3/b7-6+,10-9+,13-12+. The van der Waals surface area contributed by atoms with Crippen molar-refractivity contribution in [2.45, 2.75) is 81.2 Å². The van der Waals surface area contributed by atoms with Crippen molar-refractivity contribution in [2.24, 2.45) is 0 Å². The Bertz CT molecular complexity index is 398. The molecule has 0 bridgehead atoms. The van der Waals surface area contributed by atoms with Crippen LogP contribution >= 0.6 is 22.6 Å². The van der Waals surface area contributed by atoms with Crippen molar-refractivity contribution in [1.29, 1.82) is 0 Å². The van der Waals surface area contributed by atoms with Crippen LogP contribution in [0.2, 0.25) is 0 Å². The molecule has 1 saturated heterocycles. The van der Waals surface area contributed by atoms with Crippen molar-refractivity contribution >= 4 is 28.6 Å². The van der Waals surface area contributed by atoms with Crippen LogP contribution in [0.25, 0.3) is 0 Å². The fourth-order valence-corrected chi connectivity index (χ4v) is 3.34. The molecule has 0 saturated carbocycles. The lowest BCUT2D eigenvalue weighted by Crippen LogP contribution is -2.30. The molecular formula is C20H31IO2. The molecule has 1 rings (SSSR count). The maximum absolute atomic E-state index is 11.3. The Balaban J connectivity index is 2.05. The van der Waals surface area contributed by atoms with E-state index >= 15 is 0 Å². The average molecular weight is 430 g/mol. The van der Waals surface area contributed by atoms with Crippen LogP contribution in [-0.2, 0) is 9.53 Å². The molecule has 0 N–H and O–H groups in total. The van der Waals surface area contributed by atoms with Crippen LogP contribution in [0.3, 0.4) is 0 Å². The van der Waals surface area contributed by atoms with E-state index in [-0.39, 0.29) is 12.1 Å². The van der Waals surface area contributed by atoms with Crippen LogP contribution in [-0.4, -0.2) is 16.0 Å². The smallest absolute Gasteiger partial charge is 0.306 e. The molecule has 23 heavy (non-hydrogen) atoms. The summed E-state index contributed by atoms with van der Waals surface area (Å²) in [5, 5.41) is 0. The Morgan fingerprint density at radius 3 is 2.52 bits per heavy atom. The first-order valence-corrected chi connectivity index (χ1v) is 10.3. The number of unbranched alkanes of at least 4 members (excludes halogenated alkanes) is 3. The van der Waals surface area contributed by atoms with E-state index in [1.807, 2.05) is 0 Å². The quantitative estimate of drug-likeness (QED) is 0.126. The summed E-state index contributed by atoms with van der Waals surface area (Å²) in [5.74, 6) is -0.0300. The van der Waals surface area contributed by atoms with Crippen molar-refractivity contribution in [2.75, 3.05) is 0 Å². The van der Waals surface area contributed by atoms with Gasteiger partial charge in [0.2, 0.25) is 0 Å². The predicted molar refractivity (Wildman–Crippen MR) is 107 cm³/mol. The normalized spacial score (nSPS) is 20.6. The molecule has 3 heteroatoms. The molecule has 0 aliphatic carbocycles. The number of rotatable bonds is 11. The van der Waals surface area contributed by atoms with Gasteiger partial charge in [0.15, 0.2) is 0 Å². The Labute approximate surface area is 155 Å². The van der Waals surface area contributed by atoms with Gasteiger partial charge in [-0.05, 0) is 44.9 Å². The van der Waals surface area contributed by atoms with Gasteiger partial charge >= 0.3 is 5.97 Å². The van der Waals surface area contributed by atoms with Gasteiger partial charge in [-0.15, -0.1) is 0 Å². The summed E-state index contributed by atoms with van der Waals surface area (Å²) < 4.78 is 5.80. The predicted octanol–water partition coefficient (Wildman–Crippen LogP) is 6.30. The number of allylic oxidation sites excluding steroid dienone is 6. The molecule has 0 aromatic carbocycles. The van der Waals surface area contributed by atoms with Gasteiger partial charge in [-0.3, -0.25) is 4.79 Å². The summed E-state index contributed by atoms with van der Waals surface area (Å²) in [5.41, 5.74) is 0. The van der Waals surface area contributed by atoms with Gasteiger partial charge in [-0.25, -0.2) is 0 Å². The van der Waals surface area contributed by atoms with E-state index in [4.69, 9.17) is 4.74 Å². The molecule has 1 heterocycles. The summed E-state index contributed by atoms with van der Waals surface area (Å²) in [6, 6.07) is 0. The van der Waals surface area contributed by atoms with Crippen molar-refractivity contribution in [3.63, 3.8) is 0 Å². The minimum Gasteiger partial charge on any atom is -0.461 e. The van der Waals surface area contributed by atoms with Gasteiger partial charge in [-0.2, -0.15) is 0 Å². The van der Waals surface area contributed by atoms with Gasteiger partial charge < -0.3 is 4.74 Å². The van der Waals surface area contributed by atoms with Gasteiger partial charge in [0, 0.05) is 6.42 Å². The molecule has 0 amide bonds. The maximum atomic E-state index is 11.3. The molecule has 0 spiro atoms. The van der Waals surface area contributed by atoms with E-state index in [1.165, 1.54) is 25.7 Å². The molecule has 1 fully saturated rings. The monoisotopic (exact) mass is 430 g/mol. The van der Waals surface area contributed by atoms with Crippen LogP contribution in [0, 0.1) is 0 Å². The summed E-state index contributed by atoms with van der Waals surface area (Å²) in [6.07, 6.45) is 24.2. The van der Waals surface area contributed by atoms with Gasteiger partial charge in [0.1, 0.15) is 6.10 Å². The van der Waals surface area contributed by atoms with Crippen molar-refractivity contribution < 1.29 is 9.53 Å². The second-order valence-electron chi connectivity index (χ2n) is 6.05. The van der Waals surface area contributed by atoms with Crippen LogP contribution in [0.4, 0.5) is 0 Å². The molecule has 1 aliphatic rings. The zero-order valence-corrected chi connectivity index (χ0v) is 16.5. The average Bonchev–Trinajstić information content (AvgIpc) is 2.55. The number of hydrogen-bond donors (Lipinski definition) is 0. The highest BCUT2D eigenvalue weighted by Crippen LogP contribution is 2.24. The number of alkyl halides is 1. The third-order valence-corrected chi connectivity index (χ3v) is 5.25. The highest BCUT2D eigenvalue weighted by molar-refractivity contribution is 14.1. The lowest BCUT2D eigenvalue weighted by atomic mass is 10.0. The Hall–Kier alpha value is -0.580. The number of carbonyl (C=O) groups is 1. The van der Waals surface area contributed by atoms with E-state index in [9.17, 15) is 4.79 Å². The van der Waals surface area contributed by atoms with Crippen LogP contribution in [0.15, 0.2) is 36.5 Å². The first-order valence-electron chi connectivity index (χ1n) is 9.02. The fourth-order valence-electron chi connectivity index (χ4n) is 2.54. The van der Waals surface area contributed by atoms with Crippen molar-refractivity contribution in [1.82, 2.24) is 0 Å². The fraction of sp³-hybridized carbons (Fsp3) is 0.650. The van der Waals surface area contributed by atoms with E-state index in [1.54, 1.807) is 0 Å². The highest BCUT2D eigenvalue weighted by atomic mass is 127. The number of ether oxygens (including phenoxy) is 1. The molecule has 0 aromatic heterocycles. The summed E-state index contributed by atoms with van der Waals surface area (Å²) in [7, 11) is 0. The van der Waals surface area contributed by atoms with E-state index in [0.29, 0.717) is 10.3 Å². The molecule has 0 radical (unpaired) electrons. The molecular weight excluding hydrogens is 399 g/mol.